The van der Waals surface area contributed by atoms with Crippen molar-refractivity contribution < 1.29 is 9.47 Å². The van der Waals surface area contributed by atoms with Crippen LogP contribution in [0.5, 0.6) is 23.3 Å². The van der Waals surface area contributed by atoms with Crippen LogP contribution in [0.4, 0.5) is 0 Å². The fourth-order valence-electron chi connectivity index (χ4n) is 4.02. The summed E-state index contributed by atoms with van der Waals surface area (Å²) in [7, 11) is 0. The predicted octanol–water partition coefficient (Wildman–Crippen LogP) is 7.16. The number of pyridine rings is 2. The molecule has 0 aliphatic carbocycles. The van der Waals surface area contributed by atoms with Crippen molar-refractivity contribution in [3.63, 3.8) is 0 Å². The first-order valence-corrected chi connectivity index (χ1v) is 10.7. The number of ether oxygens (including phenoxy) is 2. The van der Waals surface area contributed by atoms with Crippen LogP contribution in [0.2, 0.25) is 0 Å². The molecule has 0 aliphatic rings. The average Bonchev–Trinajstić information content (AvgIpc) is 3.19. The van der Waals surface area contributed by atoms with Crippen LogP contribution in [0.1, 0.15) is 0 Å². The van der Waals surface area contributed by atoms with Gasteiger partial charge in [0.1, 0.15) is 11.5 Å². The summed E-state index contributed by atoms with van der Waals surface area (Å²) in [5, 5.41) is 2.13. The quantitative estimate of drug-likeness (QED) is 0.292. The first-order valence-electron chi connectivity index (χ1n) is 10.7. The van der Waals surface area contributed by atoms with Gasteiger partial charge in [0.15, 0.2) is 0 Å². The summed E-state index contributed by atoms with van der Waals surface area (Å²) in [6, 6.07) is 33.8. The maximum Gasteiger partial charge on any atom is 0.219 e. The molecular weight excluding hydrogens is 410 g/mol. The highest BCUT2D eigenvalue weighted by atomic mass is 16.5. The molecule has 0 aliphatic heterocycles. The molecule has 0 N–H and O–H groups in total. The van der Waals surface area contributed by atoms with Crippen LogP contribution in [-0.4, -0.2) is 14.5 Å². The Kier molecular flexibility index (Phi) is 4.70. The number of rotatable bonds is 5. The lowest BCUT2D eigenvalue weighted by Crippen LogP contribution is -1.93. The smallest absolute Gasteiger partial charge is 0.219 e. The highest BCUT2D eigenvalue weighted by Crippen LogP contribution is 2.37. The van der Waals surface area contributed by atoms with Crippen molar-refractivity contribution in [2.75, 3.05) is 0 Å². The summed E-state index contributed by atoms with van der Waals surface area (Å²) in [6.07, 6.45) is 3.44. The van der Waals surface area contributed by atoms with E-state index in [-0.39, 0.29) is 0 Å². The van der Waals surface area contributed by atoms with Crippen LogP contribution >= 0.6 is 0 Å². The molecule has 0 radical (unpaired) electrons. The van der Waals surface area contributed by atoms with Gasteiger partial charge >= 0.3 is 0 Å². The van der Waals surface area contributed by atoms with Gasteiger partial charge in [0.25, 0.3) is 0 Å². The second-order valence-corrected chi connectivity index (χ2v) is 7.57. The third-order valence-corrected chi connectivity index (χ3v) is 5.44. The maximum absolute atomic E-state index is 6.01. The van der Waals surface area contributed by atoms with Crippen molar-refractivity contribution in [1.29, 1.82) is 0 Å². The van der Waals surface area contributed by atoms with Crippen LogP contribution in [-0.2, 0) is 0 Å². The molecule has 0 bridgehead atoms. The Morgan fingerprint density at radius 1 is 0.515 bits per heavy atom. The molecule has 5 heteroatoms. The lowest BCUT2D eigenvalue weighted by atomic mass is 10.1. The Morgan fingerprint density at radius 3 is 1.52 bits per heavy atom. The Hall–Kier alpha value is -4.64. The minimum atomic E-state index is 0.558. The largest absolute Gasteiger partial charge is 0.439 e. The SMILES string of the molecule is c1ccc(-n2c3ccc(Oc4ccccn4)cc3c3cc(Oc4ccccn4)ccc32)cc1. The molecule has 3 aromatic carbocycles. The zero-order chi connectivity index (χ0) is 22.0. The van der Waals surface area contributed by atoms with E-state index < -0.39 is 0 Å². The molecule has 158 valence electrons. The number of nitrogens with zero attached hydrogens (tertiary/aromatic N) is 3. The lowest BCUT2D eigenvalue weighted by Gasteiger charge is -2.08. The molecule has 5 nitrogen and oxygen atoms in total. The summed E-state index contributed by atoms with van der Waals surface area (Å²) in [5.74, 6) is 2.57. The van der Waals surface area contributed by atoms with Gasteiger partial charge in [-0.25, -0.2) is 9.97 Å². The second-order valence-electron chi connectivity index (χ2n) is 7.57. The first-order chi connectivity index (χ1) is 16.3. The standard InChI is InChI=1S/C28H19N3O2/c1-2-8-20(9-3-1)31-25-14-12-21(32-27-10-4-6-16-29-27)18-23(25)24-19-22(13-15-26(24)31)33-28-11-5-7-17-30-28/h1-19H. The predicted molar refractivity (Wildman–Crippen MR) is 129 cm³/mol. The lowest BCUT2D eigenvalue weighted by molar-refractivity contribution is 0.463. The normalized spacial score (nSPS) is 11.0. The van der Waals surface area contributed by atoms with Gasteiger partial charge in [-0.05, 0) is 60.7 Å². The summed E-state index contributed by atoms with van der Waals surface area (Å²) < 4.78 is 14.3. The highest BCUT2D eigenvalue weighted by Gasteiger charge is 2.15. The van der Waals surface area contributed by atoms with Crippen LogP contribution in [0.15, 0.2) is 116 Å². The van der Waals surface area contributed by atoms with Crippen molar-refractivity contribution in [3.8, 4) is 28.9 Å². The maximum atomic E-state index is 6.01. The van der Waals surface area contributed by atoms with E-state index in [4.69, 9.17) is 9.47 Å². The highest BCUT2D eigenvalue weighted by molar-refractivity contribution is 6.10. The Morgan fingerprint density at radius 2 is 1.03 bits per heavy atom. The van der Waals surface area contributed by atoms with E-state index in [9.17, 15) is 0 Å². The third kappa shape index (κ3) is 3.66. The molecule has 0 saturated carbocycles. The van der Waals surface area contributed by atoms with E-state index in [1.165, 1.54) is 0 Å². The number of hydrogen-bond acceptors (Lipinski definition) is 4. The van der Waals surface area contributed by atoms with E-state index in [0.29, 0.717) is 11.8 Å². The second kappa shape index (κ2) is 8.13. The molecule has 0 spiro atoms. The van der Waals surface area contributed by atoms with Gasteiger partial charge < -0.3 is 14.0 Å². The molecule has 0 unspecified atom stereocenters. The molecule has 3 heterocycles. The molecule has 0 amide bonds. The van der Waals surface area contributed by atoms with Crippen LogP contribution in [0.3, 0.4) is 0 Å². The molecule has 6 aromatic rings. The van der Waals surface area contributed by atoms with Gasteiger partial charge in [0, 0.05) is 41.0 Å². The number of hydrogen-bond donors (Lipinski definition) is 0. The topological polar surface area (TPSA) is 49.2 Å². The van der Waals surface area contributed by atoms with Crippen molar-refractivity contribution in [2.45, 2.75) is 0 Å². The van der Waals surface area contributed by atoms with Crippen molar-refractivity contribution >= 4 is 21.8 Å². The zero-order valence-corrected chi connectivity index (χ0v) is 17.6. The third-order valence-electron chi connectivity index (χ3n) is 5.44. The van der Waals surface area contributed by atoms with Gasteiger partial charge in [-0.3, -0.25) is 0 Å². The average molecular weight is 429 g/mol. The summed E-state index contributed by atoms with van der Waals surface area (Å²) in [4.78, 5) is 8.55. The molecule has 0 fully saturated rings. The van der Waals surface area contributed by atoms with Crippen molar-refractivity contribution in [3.05, 3.63) is 116 Å². The summed E-state index contributed by atoms with van der Waals surface area (Å²) >= 11 is 0. The van der Waals surface area contributed by atoms with E-state index in [2.05, 4.69) is 50.9 Å². The van der Waals surface area contributed by atoms with Crippen LogP contribution in [0.25, 0.3) is 27.5 Å². The zero-order valence-electron chi connectivity index (χ0n) is 17.6. The van der Waals surface area contributed by atoms with Crippen molar-refractivity contribution in [1.82, 2.24) is 14.5 Å². The molecule has 0 atom stereocenters. The summed E-state index contributed by atoms with van der Waals surface area (Å²) in [5.41, 5.74) is 3.26. The van der Waals surface area contributed by atoms with Gasteiger partial charge in [0.05, 0.1) is 11.0 Å². The number of aromatic nitrogens is 3. The molecule has 0 saturated heterocycles. The Labute approximate surface area is 190 Å². The number of para-hydroxylation sites is 1. The van der Waals surface area contributed by atoms with Gasteiger partial charge in [0.2, 0.25) is 11.8 Å². The fourth-order valence-corrected chi connectivity index (χ4v) is 4.02. The van der Waals surface area contributed by atoms with E-state index in [0.717, 1.165) is 39.0 Å². The fraction of sp³-hybridized carbons (Fsp3) is 0. The minimum absolute atomic E-state index is 0.558. The van der Waals surface area contributed by atoms with E-state index in [1.54, 1.807) is 12.4 Å². The summed E-state index contributed by atoms with van der Waals surface area (Å²) in [6.45, 7) is 0. The van der Waals surface area contributed by atoms with Crippen LogP contribution < -0.4 is 9.47 Å². The van der Waals surface area contributed by atoms with Gasteiger partial charge in [-0.15, -0.1) is 0 Å². The monoisotopic (exact) mass is 429 g/mol. The molecule has 33 heavy (non-hydrogen) atoms. The first kappa shape index (κ1) is 19.1. The molecular formula is C28H19N3O2. The van der Waals surface area contributed by atoms with Crippen LogP contribution in [0, 0.1) is 0 Å². The molecule has 6 rings (SSSR count). The molecule has 3 aromatic heterocycles. The number of fused-ring (bicyclic) bond motifs is 3. The van der Waals surface area contributed by atoms with Crippen molar-refractivity contribution in [2.24, 2.45) is 0 Å². The van der Waals surface area contributed by atoms with E-state index in [1.807, 2.05) is 66.7 Å². The van der Waals surface area contributed by atoms with E-state index >= 15 is 0 Å². The minimum Gasteiger partial charge on any atom is -0.439 e. The Balaban J connectivity index is 1.53. The Bertz CT molecular complexity index is 1450. The van der Waals surface area contributed by atoms with Gasteiger partial charge in [-0.2, -0.15) is 0 Å². The van der Waals surface area contributed by atoms with Gasteiger partial charge in [-0.1, -0.05) is 30.3 Å². The number of benzene rings is 3.